The van der Waals surface area contributed by atoms with Crippen LogP contribution in [0, 0.1) is 11.6 Å². The maximum atomic E-state index is 15.2. The highest BCUT2D eigenvalue weighted by atomic mass is 19.1. The highest BCUT2D eigenvalue weighted by Crippen LogP contribution is 2.44. The SMILES string of the molecule is CC1Cc2cc(O)c(O)cc2[C@H](c2c(F)cc(/C=C/C(=O)O)cc2F)N1CC(C)(C)F. The number of aromatic hydroxyl groups is 2. The highest BCUT2D eigenvalue weighted by Gasteiger charge is 2.39. The number of rotatable bonds is 5. The molecule has 0 radical (unpaired) electrons. The fourth-order valence-electron chi connectivity index (χ4n) is 4.07. The molecule has 31 heavy (non-hydrogen) atoms. The number of carboxylic acids is 1. The minimum atomic E-state index is -1.67. The number of nitrogens with zero attached hydrogens (tertiary/aromatic N) is 1. The predicted octanol–water partition coefficient (Wildman–Crippen LogP) is 4.56. The van der Waals surface area contributed by atoms with Crippen LogP contribution in [0.5, 0.6) is 11.5 Å². The lowest BCUT2D eigenvalue weighted by atomic mass is 9.83. The Bertz CT molecular complexity index is 1020. The number of phenolic OH excluding ortho intramolecular Hbond substituents is 2. The van der Waals surface area contributed by atoms with Crippen LogP contribution in [0.4, 0.5) is 13.2 Å². The number of alkyl halides is 1. The second-order valence-electron chi connectivity index (χ2n) is 8.46. The van der Waals surface area contributed by atoms with Crippen LogP contribution in [0.25, 0.3) is 6.08 Å². The van der Waals surface area contributed by atoms with Crippen LogP contribution in [0.1, 0.15) is 49.1 Å². The third-order valence-corrected chi connectivity index (χ3v) is 5.30. The van der Waals surface area contributed by atoms with Gasteiger partial charge in [-0.2, -0.15) is 0 Å². The molecular weight excluding hydrogens is 411 g/mol. The van der Waals surface area contributed by atoms with Crippen LogP contribution in [0.3, 0.4) is 0 Å². The fourth-order valence-corrected chi connectivity index (χ4v) is 4.07. The molecule has 3 N–H and O–H groups in total. The topological polar surface area (TPSA) is 81.0 Å². The molecular formula is C23H24F3NO4. The van der Waals surface area contributed by atoms with E-state index < -0.39 is 35.1 Å². The molecule has 166 valence electrons. The van der Waals surface area contributed by atoms with Crippen molar-refractivity contribution in [1.82, 2.24) is 4.90 Å². The van der Waals surface area contributed by atoms with E-state index >= 15 is 8.78 Å². The number of carboxylic acid groups (broad SMARTS) is 1. The van der Waals surface area contributed by atoms with Gasteiger partial charge < -0.3 is 15.3 Å². The molecule has 0 fully saturated rings. The summed E-state index contributed by atoms with van der Waals surface area (Å²) in [5.41, 5.74) is -1.02. The number of fused-ring (bicyclic) bond motifs is 1. The summed E-state index contributed by atoms with van der Waals surface area (Å²) in [5, 5.41) is 28.7. The van der Waals surface area contributed by atoms with Gasteiger partial charge in [0.1, 0.15) is 17.3 Å². The van der Waals surface area contributed by atoms with Crippen molar-refractivity contribution in [2.45, 2.75) is 44.9 Å². The molecule has 1 unspecified atom stereocenters. The second-order valence-corrected chi connectivity index (χ2v) is 8.46. The summed E-state index contributed by atoms with van der Waals surface area (Å²) in [6.45, 7) is 4.41. The van der Waals surface area contributed by atoms with Crippen molar-refractivity contribution >= 4 is 12.0 Å². The van der Waals surface area contributed by atoms with E-state index in [0.29, 0.717) is 17.5 Å². The lowest BCUT2D eigenvalue weighted by Crippen LogP contribution is -2.48. The fraction of sp³-hybridized carbons (Fsp3) is 0.348. The van der Waals surface area contributed by atoms with Gasteiger partial charge in [-0.25, -0.2) is 18.0 Å². The average molecular weight is 435 g/mol. The molecule has 2 aromatic rings. The molecule has 0 saturated heterocycles. The van der Waals surface area contributed by atoms with E-state index in [0.717, 1.165) is 24.3 Å². The van der Waals surface area contributed by atoms with Crippen molar-refractivity contribution in [1.29, 1.82) is 0 Å². The van der Waals surface area contributed by atoms with Gasteiger partial charge in [0, 0.05) is 24.2 Å². The van der Waals surface area contributed by atoms with E-state index in [1.807, 2.05) is 0 Å². The van der Waals surface area contributed by atoms with Crippen LogP contribution >= 0.6 is 0 Å². The van der Waals surface area contributed by atoms with Crippen LogP contribution in [0.2, 0.25) is 0 Å². The van der Waals surface area contributed by atoms with Gasteiger partial charge in [0.25, 0.3) is 0 Å². The number of carbonyl (C=O) groups is 1. The zero-order valence-corrected chi connectivity index (χ0v) is 17.4. The van der Waals surface area contributed by atoms with E-state index in [-0.39, 0.29) is 29.5 Å². The van der Waals surface area contributed by atoms with E-state index in [9.17, 15) is 19.4 Å². The van der Waals surface area contributed by atoms with Crippen molar-refractivity contribution in [3.05, 3.63) is 64.2 Å². The molecule has 2 atom stereocenters. The summed E-state index contributed by atoms with van der Waals surface area (Å²) >= 11 is 0. The first-order chi connectivity index (χ1) is 14.4. The summed E-state index contributed by atoms with van der Waals surface area (Å²) in [4.78, 5) is 12.3. The normalized spacial score (nSPS) is 19.5. The Labute approximate surface area is 178 Å². The summed E-state index contributed by atoms with van der Waals surface area (Å²) < 4.78 is 45.0. The standard InChI is InChI=1S/C23H24F3NO4/c1-12-6-14-9-18(28)19(29)10-15(14)22(27(12)11-23(2,3)26)21-16(24)7-13(8-17(21)25)4-5-20(30)31/h4-5,7-10,12,22,28-29H,6,11H2,1-3H3,(H,30,31)/b5-4+/t12?,22-/m1/s1. The molecule has 0 saturated carbocycles. The van der Waals surface area contributed by atoms with Gasteiger partial charge in [0.2, 0.25) is 0 Å². The number of halogens is 3. The van der Waals surface area contributed by atoms with Gasteiger partial charge in [-0.15, -0.1) is 0 Å². The Morgan fingerprint density at radius 3 is 2.29 bits per heavy atom. The minimum absolute atomic E-state index is 0.0242. The largest absolute Gasteiger partial charge is 0.504 e. The molecule has 0 bridgehead atoms. The van der Waals surface area contributed by atoms with Gasteiger partial charge in [0.15, 0.2) is 11.5 Å². The van der Waals surface area contributed by atoms with Crippen molar-refractivity contribution in [3.8, 4) is 11.5 Å². The quantitative estimate of drug-likeness (QED) is 0.474. The first-order valence-corrected chi connectivity index (χ1v) is 9.76. The molecule has 0 aliphatic carbocycles. The van der Waals surface area contributed by atoms with Crippen LogP contribution in [0.15, 0.2) is 30.3 Å². The van der Waals surface area contributed by atoms with Gasteiger partial charge >= 0.3 is 5.97 Å². The number of hydrogen-bond acceptors (Lipinski definition) is 4. The smallest absolute Gasteiger partial charge is 0.328 e. The van der Waals surface area contributed by atoms with Gasteiger partial charge in [-0.1, -0.05) is 0 Å². The monoisotopic (exact) mass is 435 g/mol. The second kappa shape index (κ2) is 8.26. The predicted molar refractivity (Wildman–Crippen MR) is 110 cm³/mol. The van der Waals surface area contributed by atoms with Crippen molar-refractivity contribution in [3.63, 3.8) is 0 Å². The molecule has 5 nitrogen and oxygen atoms in total. The maximum Gasteiger partial charge on any atom is 0.328 e. The van der Waals surface area contributed by atoms with E-state index in [4.69, 9.17) is 5.11 Å². The molecule has 0 aromatic heterocycles. The molecule has 8 heteroatoms. The van der Waals surface area contributed by atoms with E-state index in [1.165, 1.54) is 26.0 Å². The summed E-state index contributed by atoms with van der Waals surface area (Å²) in [6.07, 6.45) is 2.23. The van der Waals surface area contributed by atoms with Gasteiger partial charge in [0.05, 0.1) is 6.04 Å². The Morgan fingerprint density at radius 1 is 1.16 bits per heavy atom. The lowest BCUT2D eigenvalue weighted by molar-refractivity contribution is -0.131. The molecule has 1 heterocycles. The lowest BCUT2D eigenvalue weighted by Gasteiger charge is -2.44. The molecule has 0 amide bonds. The third-order valence-electron chi connectivity index (χ3n) is 5.30. The number of hydrogen-bond donors (Lipinski definition) is 3. The summed E-state index contributed by atoms with van der Waals surface area (Å²) in [6, 6.07) is 3.24. The number of benzene rings is 2. The van der Waals surface area contributed by atoms with Gasteiger partial charge in [-0.05, 0) is 74.2 Å². The average Bonchev–Trinajstić information content (AvgIpc) is 2.62. The van der Waals surface area contributed by atoms with Crippen molar-refractivity contribution < 1.29 is 33.3 Å². The number of phenols is 2. The Kier molecular flexibility index (Phi) is 6.04. The highest BCUT2D eigenvalue weighted by molar-refractivity contribution is 5.85. The third kappa shape index (κ3) is 4.85. The Morgan fingerprint density at radius 2 is 1.74 bits per heavy atom. The first kappa shape index (κ1) is 22.7. The zero-order valence-electron chi connectivity index (χ0n) is 17.4. The zero-order chi connectivity index (χ0) is 23.1. The van der Waals surface area contributed by atoms with Crippen LogP contribution in [-0.2, 0) is 11.2 Å². The Hall–Kier alpha value is -3.00. The summed E-state index contributed by atoms with van der Waals surface area (Å²) in [5.74, 6) is -3.90. The maximum absolute atomic E-state index is 15.2. The molecule has 0 spiro atoms. The molecule has 1 aliphatic rings. The van der Waals surface area contributed by atoms with E-state index in [1.54, 1.807) is 11.8 Å². The van der Waals surface area contributed by atoms with Crippen molar-refractivity contribution in [2.24, 2.45) is 0 Å². The first-order valence-electron chi connectivity index (χ1n) is 9.76. The molecule has 1 aliphatic heterocycles. The molecule has 3 rings (SSSR count). The van der Waals surface area contributed by atoms with Crippen LogP contribution in [-0.4, -0.2) is 44.4 Å². The van der Waals surface area contributed by atoms with E-state index in [2.05, 4.69) is 0 Å². The number of aliphatic carboxylic acids is 1. The minimum Gasteiger partial charge on any atom is -0.504 e. The summed E-state index contributed by atoms with van der Waals surface area (Å²) in [7, 11) is 0. The van der Waals surface area contributed by atoms with Gasteiger partial charge in [-0.3, -0.25) is 4.90 Å². The molecule has 2 aromatic carbocycles. The van der Waals surface area contributed by atoms with Crippen LogP contribution < -0.4 is 0 Å². The van der Waals surface area contributed by atoms with Crippen molar-refractivity contribution in [2.75, 3.05) is 6.54 Å². The Balaban J connectivity index is 2.21.